The maximum Gasteiger partial charge on any atom is 0.255 e. The van der Waals surface area contributed by atoms with Crippen LogP contribution in [-0.4, -0.2) is 31.4 Å². The summed E-state index contributed by atoms with van der Waals surface area (Å²) in [5, 5.41) is 5.67. The maximum atomic E-state index is 12.2. The van der Waals surface area contributed by atoms with Crippen molar-refractivity contribution in [3.05, 3.63) is 58.6 Å². The maximum absolute atomic E-state index is 12.2. The van der Waals surface area contributed by atoms with Gasteiger partial charge in [-0.15, -0.1) is 0 Å². The number of carbonyl (C=O) groups is 2. The lowest BCUT2D eigenvalue weighted by molar-refractivity contribution is -0.120. The van der Waals surface area contributed by atoms with Gasteiger partial charge in [0.1, 0.15) is 0 Å². The van der Waals surface area contributed by atoms with Gasteiger partial charge in [0.2, 0.25) is 5.91 Å². The van der Waals surface area contributed by atoms with Crippen molar-refractivity contribution in [3.8, 4) is 0 Å². The van der Waals surface area contributed by atoms with Crippen LogP contribution < -0.4 is 15.5 Å². The number of piperazine rings is 1. The Morgan fingerprint density at radius 1 is 1.17 bits per heavy atom. The van der Waals surface area contributed by atoms with Crippen LogP contribution in [0.2, 0.25) is 0 Å². The van der Waals surface area contributed by atoms with Crippen LogP contribution in [0.3, 0.4) is 0 Å². The molecule has 23 heavy (non-hydrogen) atoms. The molecule has 3 rings (SSSR count). The van der Waals surface area contributed by atoms with Gasteiger partial charge in [-0.3, -0.25) is 9.59 Å². The molecular formula is C17H16BrN3O2. The summed E-state index contributed by atoms with van der Waals surface area (Å²) in [6, 6.07) is 14.8. The lowest BCUT2D eigenvalue weighted by Gasteiger charge is -2.28. The van der Waals surface area contributed by atoms with E-state index in [2.05, 4.69) is 26.6 Å². The van der Waals surface area contributed by atoms with Gasteiger partial charge in [0, 0.05) is 34.5 Å². The number of amides is 2. The van der Waals surface area contributed by atoms with Crippen molar-refractivity contribution in [2.75, 3.05) is 29.9 Å². The van der Waals surface area contributed by atoms with E-state index in [1.165, 1.54) is 0 Å². The molecule has 2 aromatic rings. The molecule has 0 aliphatic carbocycles. The van der Waals surface area contributed by atoms with E-state index in [0.29, 0.717) is 18.7 Å². The van der Waals surface area contributed by atoms with Crippen LogP contribution in [0.1, 0.15) is 10.4 Å². The molecule has 1 heterocycles. The van der Waals surface area contributed by atoms with E-state index in [1.807, 2.05) is 41.3 Å². The normalized spacial score (nSPS) is 14.3. The third-order valence-corrected chi connectivity index (χ3v) is 4.11. The smallest absolute Gasteiger partial charge is 0.255 e. The van der Waals surface area contributed by atoms with Crippen LogP contribution in [0, 0.1) is 0 Å². The van der Waals surface area contributed by atoms with Crippen LogP contribution >= 0.6 is 15.9 Å². The molecule has 2 amide bonds. The van der Waals surface area contributed by atoms with Gasteiger partial charge in [-0.2, -0.15) is 0 Å². The van der Waals surface area contributed by atoms with Crippen molar-refractivity contribution in [3.63, 3.8) is 0 Å². The first-order chi connectivity index (χ1) is 11.1. The predicted molar refractivity (Wildman–Crippen MR) is 93.8 cm³/mol. The first kappa shape index (κ1) is 15.6. The van der Waals surface area contributed by atoms with Gasteiger partial charge in [-0.1, -0.05) is 22.0 Å². The van der Waals surface area contributed by atoms with Gasteiger partial charge in [0.25, 0.3) is 5.91 Å². The molecule has 0 aromatic heterocycles. The first-order valence-electron chi connectivity index (χ1n) is 7.30. The van der Waals surface area contributed by atoms with Gasteiger partial charge in [-0.25, -0.2) is 0 Å². The molecule has 0 spiro atoms. The lowest BCUT2D eigenvalue weighted by Crippen LogP contribution is -2.47. The second kappa shape index (κ2) is 6.83. The number of hydrogen-bond donors (Lipinski definition) is 2. The molecular weight excluding hydrogens is 358 g/mol. The van der Waals surface area contributed by atoms with Gasteiger partial charge < -0.3 is 15.5 Å². The minimum absolute atomic E-state index is 0.0308. The molecule has 2 aromatic carbocycles. The number of anilines is 2. The minimum atomic E-state index is -0.156. The number of nitrogens with one attached hydrogen (secondary N) is 2. The summed E-state index contributed by atoms with van der Waals surface area (Å²) in [6.07, 6.45) is 0. The minimum Gasteiger partial charge on any atom is -0.360 e. The van der Waals surface area contributed by atoms with E-state index in [1.54, 1.807) is 12.1 Å². The molecule has 2 N–H and O–H groups in total. The number of halogens is 1. The fraction of sp³-hybridized carbons (Fsp3) is 0.176. The summed E-state index contributed by atoms with van der Waals surface area (Å²) in [4.78, 5) is 25.6. The largest absolute Gasteiger partial charge is 0.360 e. The standard InChI is InChI=1S/C17H16BrN3O2/c18-13-3-1-2-12(10-13)17(23)20-14-4-6-15(7-5-14)21-9-8-19-16(22)11-21/h1-7,10H,8-9,11H2,(H,19,22)(H,20,23). The topological polar surface area (TPSA) is 61.4 Å². The van der Waals surface area contributed by atoms with Crippen LogP contribution in [0.4, 0.5) is 11.4 Å². The zero-order chi connectivity index (χ0) is 16.2. The summed E-state index contributed by atoms with van der Waals surface area (Å²) in [5.41, 5.74) is 2.29. The van der Waals surface area contributed by atoms with Crippen molar-refractivity contribution in [1.29, 1.82) is 0 Å². The molecule has 0 radical (unpaired) electrons. The zero-order valence-corrected chi connectivity index (χ0v) is 14.0. The number of carbonyl (C=O) groups excluding carboxylic acids is 2. The molecule has 0 saturated carbocycles. The van der Waals surface area contributed by atoms with Crippen LogP contribution in [-0.2, 0) is 4.79 Å². The SMILES string of the molecule is O=C1CN(c2ccc(NC(=O)c3cccc(Br)c3)cc2)CCN1. The molecule has 1 aliphatic heterocycles. The van der Waals surface area contributed by atoms with Gasteiger partial charge >= 0.3 is 0 Å². The van der Waals surface area contributed by atoms with Crippen LogP contribution in [0.15, 0.2) is 53.0 Å². The van der Waals surface area contributed by atoms with E-state index >= 15 is 0 Å². The van der Waals surface area contributed by atoms with Crippen molar-refractivity contribution >= 4 is 39.1 Å². The van der Waals surface area contributed by atoms with Crippen molar-refractivity contribution < 1.29 is 9.59 Å². The molecule has 118 valence electrons. The second-order valence-corrected chi connectivity index (χ2v) is 6.20. The van der Waals surface area contributed by atoms with E-state index in [9.17, 15) is 9.59 Å². The molecule has 0 unspecified atom stereocenters. The monoisotopic (exact) mass is 373 g/mol. The Morgan fingerprint density at radius 2 is 1.96 bits per heavy atom. The highest BCUT2D eigenvalue weighted by Gasteiger charge is 2.16. The highest BCUT2D eigenvalue weighted by atomic mass is 79.9. The molecule has 5 nitrogen and oxygen atoms in total. The zero-order valence-electron chi connectivity index (χ0n) is 12.4. The molecule has 1 fully saturated rings. The first-order valence-corrected chi connectivity index (χ1v) is 8.10. The Labute approximate surface area is 142 Å². The number of nitrogens with zero attached hydrogens (tertiary/aromatic N) is 1. The van der Waals surface area contributed by atoms with E-state index < -0.39 is 0 Å². The third kappa shape index (κ3) is 3.90. The Bertz CT molecular complexity index is 731. The van der Waals surface area contributed by atoms with Crippen LogP contribution in [0.5, 0.6) is 0 Å². The van der Waals surface area contributed by atoms with E-state index in [-0.39, 0.29) is 11.8 Å². The Kier molecular flexibility index (Phi) is 4.62. The van der Waals surface area contributed by atoms with Gasteiger partial charge in [-0.05, 0) is 42.5 Å². The summed E-state index contributed by atoms with van der Waals surface area (Å²) >= 11 is 3.36. The lowest BCUT2D eigenvalue weighted by atomic mass is 10.2. The van der Waals surface area contributed by atoms with Crippen molar-refractivity contribution in [2.45, 2.75) is 0 Å². The third-order valence-electron chi connectivity index (χ3n) is 3.62. The summed E-state index contributed by atoms with van der Waals surface area (Å²) in [5.74, 6) is -0.125. The fourth-order valence-electron chi connectivity index (χ4n) is 2.45. The molecule has 6 heteroatoms. The van der Waals surface area contributed by atoms with Gasteiger partial charge in [0.15, 0.2) is 0 Å². The number of hydrogen-bond acceptors (Lipinski definition) is 3. The van der Waals surface area contributed by atoms with Crippen molar-refractivity contribution in [2.24, 2.45) is 0 Å². The highest BCUT2D eigenvalue weighted by molar-refractivity contribution is 9.10. The molecule has 1 saturated heterocycles. The Hall–Kier alpha value is -2.34. The summed E-state index contributed by atoms with van der Waals surface area (Å²) < 4.78 is 0.865. The Morgan fingerprint density at radius 3 is 2.65 bits per heavy atom. The average molecular weight is 374 g/mol. The predicted octanol–water partition coefficient (Wildman–Crippen LogP) is 2.64. The summed E-state index contributed by atoms with van der Waals surface area (Å²) in [7, 11) is 0. The summed E-state index contributed by atoms with van der Waals surface area (Å²) in [6.45, 7) is 1.81. The van der Waals surface area contributed by atoms with Crippen molar-refractivity contribution in [1.82, 2.24) is 5.32 Å². The molecule has 1 aliphatic rings. The second-order valence-electron chi connectivity index (χ2n) is 5.28. The number of benzene rings is 2. The fourth-order valence-corrected chi connectivity index (χ4v) is 2.85. The average Bonchev–Trinajstić information content (AvgIpc) is 2.55. The molecule has 0 atom stereocenters. The van der Waals surface area contributed by atoms with Gasteiger partial charge in [0.05, 0.1) is 6.54 Å². The van der Waals surface area contributed by atoms with Crippen LogP contribution in [0.25, 0.3) is 0 Å². The Balaban J connectivity index is 1.67. The molecule has 0 bridgehead atoms. The van der Waals surface area contributed by atoms with E-state index in [0.717, 1.165) is 22.4 Å². The van der Waals surface area contributed by atoms with E-state index in [4.69, 9.17) is 0 Å². The highest BCUT2D eigenvalue weighted by Crippen LogP contribution is 2.19. The quantitative estimate of drug-likeness (QED) is 0.869. The number of rotatable bonds is 3.